The van der Waals surface area contributed by atoms with E-state index in [4.69, 9.17) is 55.9 Å². The van der Waals surface area contributed by atoms with Gasteiger partial charge in [-0.1, -0.05) is 46.4 Å². The highest BCUT2D eigenvalue weighted by Gasteiger charge is 2.42. The lowest BCUT2D eigenvalue weighted by atomic mass is 10.1. The Kier molecular flexibility index (Phi) is 3.15. The normalized spacial score (nSPS) is 25.0. The summed E-state index contributed by atoms with van der Waals surface area (Å²) in [5.74, 6) is 0.779. The maximum absolute atomic E-state index is 10.1. The summed E-state index contributed by atoms with van der Waals surface area (Å²) in [6.45, 7) is 0. The highest BCUT2D eigenvalue weighted by Crippen LogP contribution is 2.48. The number of hydrogen-bond donors (Lipinski definition) is 1. The SMILES string of the molecule is OC1(Cl)[CH]C(Cl)=CC2=C1Oc1cc(Cl)cc(Cl)c1O2. The van der Waals surface area contributed by atoms with Crippen LogP contribution in [0.15, 0.2) is 34.8 Å². The number of aliphatic hydroxyl groups is 1. The predicted molar refractivity (Wildman–Crippen MR) is 73.8 cm³/mol. The van der Waals surface area contributed by atoms with E-state index in [1.54, 1.807) is 0 Å². The molecule has 1 atom stereocenters. The summed E-state index contributed by atoms with van der Waals surface area (Å²) in [6.07, 6.45) is 2.71. The van der Waals surface area contributed by atoms with Crippen LogP contribution >= 0.6 is 46.4 Å². The second kappa shape index (κ2) is 4.47. The van der Waals surface area contributed by atoms with Gasteiger partial charge >= 0.3 is 0 Å². The number of hydrogen-bond acceptors (Lipinski definition) is 3. The monoisotopic (exact) mass is 337 g/mol. The number of alkyl halides is 1. The van der Waals surface area contributed by atoms with Crippen LogP contribution < -0.4 is 9.47 Å². The van der Waals surface area contributed by atoms with Crippen molar-refractivity contribution in [1.29, 1.82) is 0 Å². The van der Waals surface area contributed by atoms with E-state index >= 15 is 0 Å². The third-order valence-electron chi connectivity index (χ3n) is 2.54. The Morgan fingerprint density at radius 2 is 1.84 bits per heavy atom. The summed E-state index contributed by atoms with van der Waals surface area (Å²) in [6, 6.07) is 3.03. The van der Waals surface area contributed by atoms with Crippen molar-refractivity contribution < 1.29 is 14.6 Å². The first-order chi connectivity index (χ1) is 8.87. The van der Waals surface area contributed by atoms with Crippen LogP contribution in [0.5, 0.6) is 11.5 Å². The van der Waals surface area contributed by atoms with Gasteiger partial charge in [-0.05, 0) is 12.1 Å². The summed E-state index contributed by atoms with van der Waals surface area (Å²) in [7, 11) is 0. The topological polar surface area (TPSA) is 38.7 Å². The fourth-order valence-electron chi connectivity index (χ4n) is 1.78. The van der Waals surface area contributed by atoms with Gasteiger partial charge in [-0.15, -0.1) is 0 Å². The Morgan fingerprint density at radius 3 is 2.58 bits per heavy atom. The van der Waals surface area contributed by atoms with Crippen LogP contribution in [-0.2, 0) is 0 Å². The summed E-state index contributed by atoms with van der Waals surface area (Å²) >= 11 is 23.7. The molecule has 1 N–H and O–H groups in total. The van der Waals surface area contributed by atoms with E-state index in [0.29, 0.717) is 10.8 Å². The van der Waals surface area contributed by atoms with Crippen molar-refractivity contribution >= 4 is 46.4 Å². The van der Waals surface area contributed by atoms with Gasteiger partial charge in [0.1, 0.15) is 0 Å². The average Bonchev–Trinajstić information content (AvgIpc) is 2.27. The van der Waals surface area contributed by atoms with Crippen molar-refractivity contribution in [2.75, 3.05) is 0 Å². The number of rotatable bonds is 0. The molecule has 0 bridgehead atoms. The van der Waals surface area contributed by atoms with E-state index in [1.807, 2.05) is 0 Å². The summed E-state index contributed by atoms with van der Waals surface area (Å²) in [5, 5.41) is 9.07. The molecule has 19 heavy (non-hydrogen) atoms. The van der Waals surface area contributed by atoms with Crippen molar-refractivity contribution in [3.05, 3.63) is 51.2 Å². The molecule has 99 valence electrons. The number of halogens is 4. The van der Waals surface area contributed by atoms with Crippen LogP contribution in [0.4, 0.5) is 0 Å². The highest BCUT2D eigenvalue weighted by atomic mass is 35.5. The summed E-state index contributed by atoms with van der Waals surface area (Å²) in [4.78, 5) is 0. The molecule has 1 heterocycles. The summed E-state index contributed by atoms with van der Waals surface area (Å²) in [5.41, 5.74) is 0. The van der Waals surface area contributed by atoms with Crippen LogP contribution in [0.3, 0.4) is 0 Å². The molecular formula is C12H5Cl4O3. The number of ether oxygens (including phenoxy) is 2. The fraction of sp³-hybridized carbons (Fsp3) is 0.0833. The van der Waals surface area contributed by atoms with Gasteiger partial charge in [0.2, 0.25) is 5.06 Å². The Morgan fingerprint density at radius 1 is 1.11 bits per heavy atom. The zero-order valence-corrected chi connectivity index (χ0v) is 12.1. The van der Waals surface area contributed by atoms with Crippen molar-refractivity contribution in [2.24, 2.45) is 0 Å². The molecule has 0 spiro atoms. The molecule has 1 aliphatic carbocycles. The first-order valence-electron chi connectivity index (χ1n) is 5.11. The second-order valence-corrected chi connectivity index (χ2v) is 5.82. The van der Waals surface area contributed by atoms with Crippen molar-refractivity contribution in [3.8, 4) is 11.5 Å². The number of allylic oxidation sites excluding steroid dienone is 1. The quantitative estimate of drug-likeness (QED) is 0.719. The van der Waals surface area contributed by atoms with Gasteiger partial charge in [0.25, 0.3) is 0 Å². The highest BCUT2D eigenvalue weighted by molar-refractivity contribution is 6.36. The van der Waals surface area contributed by atoms with Crippen molar-refractivity contribution in [2.45, 2.75) is 5.06 Å². The van der Waals surface area contributed by atoms with Crippen LogP contribution in [0.25, 0.3) is 0 Å². The van der Waals surface area contributed by atoms with Crippen LogP contribution in [-0.4, -0.2) is 10.2 Å². The smallest absolute Gasteiger partial charge is 0.209 e. The molecule has 7 heteroatoms. The maximum Gasteiger partial charge on any atom is 0.209 e. The van der Waals surface area contributed by atoms with E-state index in [0.717, 1.165) is 0 Å². The van der Waals surface area contributed by atoms with Gasteiger partial charge in [-0.25, -0.2) is 0 Å². The van der Waals surface area contributed by atoms with Gasteiger partial charge < -0.3 is 14.6 Å². The van der Waals surface area contributed by atoms with Gasteiger partial charge in [0, 0.05) is 16.1 Å². The third kappa shape index (κ3) is 2.30. The lowest BCUT2D eigenvalue weighted by Crippen LogP contribution is -2.34. The molecule has 1 aliphatic heterocycles. The molecule has 3 rings (SSSR count). The number of fused-ring (bicyclic) bond motifs is 1. The molecule has 0 saturated carbocycles. The third-order valence-corrected chi connectivity index (χ3v) is 3.54. The summed E-state index contributed by atoms with van der Waals surface area (Å²) < 4.78 is 11.1. The average molecular weight is 339 g/mol. The van der Waals surface area contributed by atoms with Gasteiger partial charge in [-0.3, -0.25) is 0 Å². The van der Waals surface area contributed by atoms with Crippen molar-refractivity contribution in [3.63, 3.8) is 0 Å². The van der Waals surface area contributed by atoms with Crippen molar-refractivity contribution in [1.82, 2.24) is 0 Å². The van der Waals surface area contributed by atoms with Crippen LogP contribution in [0.2, 0.25) is 10.0 Å². The van der Waals surface area contributed by atoms with E-state index in [1.165, 1.54) is 24.6 Å². The molecule has 0 amide bonds. The van der Waals surface area contributed by atoms with Gasteiger partial charge in [-0.2, -0.15) is 0 Å². The molecule has 0 aromatic heterocycles. The molecule has 1 unspecified atom stereocenters. The van der Waals surface area contributed by atoms with Gasteiger partial charge in [0.05, 0.1) is 11.4 Å². The Labute approximate surface area is 128 Å². The minimum atomic E-state index is -1.88. The molecule has 0 saturated heterocycles. The predicted octanol–water partition coefficient (Wildman–Crippen LogP) is 4.24. The molecule has 0 fully saturated rings. The first-order valence-corrected chi connectivity index (χ1v) is 6.62. The largest absolute Gasteiger partial charge is 0.449 e. The molecule has 1 aromatic rings. The van der Waals surface area contributed by atoms with E-state index < -0.39 is 5.06 Å². The first kappa shape index (κ1) is 13.4. The number of benzene rings is 1. The maximum atomic E-state index is 10.1. The molecule has 2 aliphatic rings. The van der Waals surface area contributed by atoms with E-state index in [9.17, 15) is 5.11 Å². The second-order valence-electron chi connectivity index (χ2n) is 3.96. The standard InChI is InChI=1S/C12H5Cl4O3/c13-5-1-7(15)10-8(2-5)19-11-9(18-10)3-6(14)4-12(11,16)17/h1-4,17H. The fourth-order valence-corrected chi connectivity index (χ4v) is 2.86. The lowest BCUT2D eigenvalue weighted by Gasteiger charge is -2.32. The minimum absolute atomic E-state index is 0.0180. The Bertz CT molecular complexity index is 634. The lowest BCUT2D eigenvalue weighted by molar-refractivity contribution is 0.131. The Balaban J connectivity index is 2.13. The molecule has 1 radical (unpaired) electrons. The molecule has 1 aromatic carbocycles. The van der Waals surface area contributed by atoms with Crippen LogP contribution in [0.1, 0.15) is 0 Å². The minimum Gasteiger partial charge on any atom is -0.449 e. The molecular weight excluding hydrogens is 334 g/mol. The van der Waals surface area contributed by atoms with E-state index in [2.05, 4.69) is 0 Å². The van der Waals surface area contributed by atoms with Gasteiger partial charge in [0.15, 0.2) is 23.0 Å². The zero-order valence-electron chi connectivity index (χ0n) is 9.08. The van der Waals surface area contributed by atoms with E-state index in [-0.39, 0.29) is 27.3 Å². The molecule has 3 nitrogen and oxygen atoms in total. The Hall–Kier alpha value is -0.580. The zero-order chi connectivity index (χ0) is 13.8. The van der Waals surface area contributed by atoms with Crippen LogP contribution in [0, 0.1) is 6.42 Å².